The van der Waals surface area contributed by atoms with E-state index in [2.05, 4.69) is 28.1 Å². The summed E-state index contributed by atoms with van der Waals surface area (Å²) in [6.45, 7) is 1.64. The van der Waals surface area contributed by atoms with E-state index in [9.17, 15) is 0 Å². The Morgan fingerprint density at radius 1 is 1.16 bits per heavy atom. The van der Waals surface area contributed by atoms with E-state index in [0.29, 0.717) is 5.96 Å². The molecule has 2 aromatic carbocycles. The third-order valence-corrected chi connectivity index (χ3v) is 5.18. The first kappa shape index (κ1) is 16.1. The molecule has 0 fully saturated rings. The molecule has 0 saturated heterocycles. The summed E-state index contributed by atoms with van der Waals surface area (Å²) < 4.78 is 6.31. The third kappa shape index (κ3) is 2.52. The molecule has 1 atom stereocenters. The lowest BCUT2D eigenvalue weighted by Crippen LogP contribution is -2.46. The number of nitrogens with two attached hydrogens (primary N) is 1. The molecule has 0 radical (unpaired) electrons. The largest absolute Gasteiger partial charge is 0.497 e. The second-order valence-corrected chi connectivity index (χ2v) is 7.05. The number of aliphatic imine (C=N–C) groups is 2. The molecule has 0 bridgehead atoms. The van der Waals surface area contributed by atoms with Crippen LogP contribution in [-0.4, -0.2) is 36.9 Å². The standard InChI is InChI=1S/C19H19BrN4O/c1-25-16-8-6-13(7-9-16)19(14-4-2-5-15(20)12-14)17-22-10-3-11-24(17)18(21)23-19/h2,4-9,12H,3,10-11H2,1H3,(H2,21,23)/t19-/m1/s1. The Kier molecular flexibility index (Phi) is 4.00. The Bertz CT molecular complexity index is 862. The minimum atomic E-state index is -0.722. The predicted octanol–water partition coefficient (Wildman–Crippen LogP) is 3.13. The van der Waals surface area contributed by atoms with E-state index >= 15 is 0 Å². The number of guanidine groups is 1. The van der Waals surface area contributed by atoms with Crippen LogP contribution in [0.3, 0.4) is 0 Å². The SMILES string of the molecule is COc1ccc([C@]2(c3cccc(Br)c3)N=C(N)N3CCCN=C32)cc1. The Morgan fingerprint density at radius 2 is 1.96 bits per heavy atom. The fraction of sp³-hybridized carbons (Fsp3) is 0.263. The second-order valence-electron chi connectivity index (χ2n) is 6.13. The van der Waals surface area contributed by atoms with Crippen molar-refractivity contribution < 1.29 is 4.74 Å². The van der Waals surface area contributed by atoms with Gasteiger partial charge in [-0.1, -0.05) is 40.2 Å². The van der Waals surface area contributed by atoms with Crippen LogP contribution in [0.2, 0.25) is 0 Å². The highest BCUT2D eigenvalue weighted by molar-refractivity contribution is 9.10. The van der Waals surface area contributed by atoms with Gasteiger partial charge in [0.25, 0.3) is 0 Å². The second kappa shape index (κ2) is 6.19. The molecule has 0 unspecified atom stereocenters. The molecule has 0 aliphatic carbocycles. The first-order chi connectivity index (χ1) is 12.1. The van der Waals surface area contributed by atoms with E-state index in [1.807, 2.05) is 41.3 Å². The van der Waals surface area contributed by atoms with Crippen LogP contribution in [0.25, 0.3) is 0 Å². The zero-order valence-corrected chi connectivity index (χ0v) is 15.5. The normalized spacial score (nSPS) is 22.2. The minimum Gasteiger partial charge on any atom is -0.497 e. The molecule has 4 rings (SSSR count). The zero-order chi connectivity index (χ0) is 17.4. The van der Waals surface area contributed by atoms with E-state index in [1.165, 1.54) is 0 Å². The molecule has 2 aliphatic heterocycles. The summed E-state index contributed by atoms with van der Waals surface area (Å²) in [7, 11) is 1.66. The van der Waals surface area contributed by atoms with E-state index in [-0.39, 0.29) is 0 Å². The first-order valence-corrected chi connectivity index (χ1v) is 9.03. The molecule has 2 aliphatic rings. The average Bonchev–Trinajstić information content (AvgIpc) is 2.96. The van der Waals surface area contributed by atoms with E-state index in [0.717, 1.165) is 46.7 Å². The zero-order valence-electron chi connectivity index (χ0n) is 13.9. The van der Waals surface area contributed by atoms with Crippen molar-refractivity contribution >= 4 is 27.7 Å². The summed E-state index contributed by atoms with van der Waals surface area (Å²) in [4.78, 5) is 11.8. The number of rotatable bonds is 3. The lowest BCUT2D eigenvalue weighted by Gasteiger charge is -2.33. The van der Waals surface area contributed by atoms with Crippen molar-refractivity contribution in [3.63, 3.8) is 0 Å². The number of ether oxygens (including phenoxy) is 1. The Morgan fingerprint density at radius 3 is 2.68 bits per heavy atom. The smallest absolute Gasteiger partial charge is 0.198 e. The van der Waals surface area contributed by atoms with Crippen LogP contribution >= 0.6 is 15.9 Å². The number of fused-ring (bicyclic) bond motifs is 1. The van der Waals surface area contributed by atoms with Crippen LogP contribution in [0.5, 0.6) is 5.75 Å². The van der Waals surface area contributed by atoms with Crippen LogP contribution in [0.1, 0.15) is 17.5 Å². The van der Waals surface area contributed by atoms with E-state index in [4.69, 9.17) is 20.5 Å². The van der Waals surface area contributed by atoms with Gasteiger partial charge in [-0.15, -0.1) is 0 Å². The van der Waals surface area contributed by atoms with Gasteiger partial charge in [0.1, 0.15) is 11.6 Å². The van der Waals surface area contributed by atoms with Crippen LogP contribution in [0.15, 0.2) is 63.0 Å². The maximum Gasteiger partial charge on any atom is 0.198 e. The number of hydrogen-bond donors (Lipinski definition) is 1. The Hall–Kier alpha value is -2.34. The molecule has 5 nitrogen and oxygen atoms in total. The molecular formula is C19H19BrN4O. The molecule has 25 heavy (non-hydrogen) atoms. The van der Waals surface area contributed by atoms with Crippen LogP contribution in [-0.2, 0) is 5.54 Å². The predicted molar refractivity (Wildman–Crippen MR) is 103 cm³/mol. The minimum absolute atomic E-state index is 0.522. The third-order valence-electron chi connectivity index (χ3n) is 4.69. The molecule has 128 valence electrons. The molecule has 0 spiro atoms. The molecule has 0 aromatic heterocycles. The molecule has 2 heterocycles. The summed E-state index contributed by atoms with van der Waals surface area (Å²) in [6, 6.07) is 16.2. The molecule has 0 amide bonds. The summed E-state index contributed by atoms with van der Waals surface area (Å²) in [6.07, 6.45) is 0.983. The maximum absolute atomic E-state index is 6.29. The van der Waals surface area contributed by atoms with Gasteiger partial charge in [-0.05, 0) is 41.8 Å². The van der Waals surface area contributed by atoms with E-state index in [1.54, 1.807) is 7.11 Å². The topological polar surface area (TPSA) is 63.2 Å². The van der Waals surface area contributed by atoms with Gasteiger partial charge in [-0.3, -0.25) is 9.89 Å². The van der Waals surface area contributed by atoms with Crippen molar-refractivity contribution in [3.8, 4) is 5.75 Å². The molecular weight excluding hydrogens is 380 g/mol. The molecule has 0 saturated carbocycles. The maximum atomic E-state index is 6.29. The van der Waals surface area contributed by atoms with Gasteiger partial charge in [0.05, 0.1) is 7.11 Å². The number of benzene rings is 2. The van der Waals surface area contributed by atoms with Crippen LogP contribution in [0.4, 0.5) is 0 Å². The van der Waals surface area contributed by atoms with Gasteiger partial charge in [0.15, 0.2) is 11.5 Å². The van der Waals surface area contributed by atoms with Gasteiger partial charge in [0, 0.05) is 17.6 Å². The summed E-state index contributed by atoms with van der Waals surface area (Å²) >= 11 is 3.58. The van der Waals surface area contributed by atoms with Crippen molar-refractivity contribution in [2.24, 2.45) is 15.7 Å². The summed E-state index contributed by atoms with van der Waals surface area (Å²) in [5, 5.41) is 0. The van der Waals surface area contributed by atoms with Crippen LogP contribution in [0, 0.1) is 0 Å². The number of amidine groups is 1. The van der Waals surface area contributed by atoms with Gasteiger partial charge in [0.2, 0.25) is 0 Å². The molecule has 6 heteroatoms. The van der Waals surface area contributed by atoms with Crippen molar-refractivity contribution in [3.05, 3.63) is 64.1 Å². The average molecular weight is 399 g/mol. The highest BCUT2D eigenvalue weighted by Gasteiger charge is 2.49. The quantitative estimate of drug-likeness (QED) is 0.863. The number of halogens is 1. The molecule has 2 aromatic rings. The van der Waals surface area contributed by atoms with Crippen molar-refractivity contribution in [2.75, 3.05) is 20.2 Å². The highest BCUT2D eigenvalue weighted by Crippen LogP contribution is 2.42. The van der Waals surface area contributed by atoms with E-state index < -0.39 is 5.54 Å². The number of hydrogen-bond acceptors (Lipinski definition) is 5. The number of methoxy groups -OCH3 is 1. The number of nitrogens with zero attached hydrogens (tertiary/aromatic N) is 3. The fourth-order valence-electron chi connectivity index (χ4n) is 3.52. The Balaban J connectivity index is 1.97. The Labute approximate surface area is 155 Å². The van der Waals surface area contributed by atoms with Gasteiger partial charge in [-0.25, -0.2) is 4.99 Å². The summed E-state index contributed by atoms with van der Waals surface area (Å²) in [5.74, 6) is 2.24. The van der Waals surface area contributed by atoms with Crippen molar-refractivity contribution in [1.82, 2.24) is 4.90 Å². The lowest BCUT2D eigenvalue weighted by molar-refractivity contribution is 0.414. The first-order valence-electron chi connectivity index (χ1n) is 8.23. The van der Waals surface area contributed by atoms with Crippen molar-refractivity contribution in [1.29, 1.82) is 0 Å². The highest BCUT2D eigenvalue weighted by atomic mass is 79.9. The monoisotopic (exact) mass is 398 g/mol. The van der Waals surface area contributed by atoms with Gasteiger partial charge >= 0.3 is 0 Å². The summed E-state index contributed by atoms with van der Waals surface area (Å²) in [5.41, 5.74) is 7.64. The van der Waals surface area contributed by atoms with Crippen LogP contribution < -0.4 is 10.5 Å². The van der Waals surface area contributed by atoms with Gasteiger partial charge < -0.3 is 10.5 Å². The lowest BCUT2D eigenvalue weighted by atomic mass is 9.82. The van der Waals surface area contributed by atoms with Gasteiger partial charge in [-0.2, -0.15) is 0 Å². The molecule has 2 N–H and O–H groups in total. The fourth-order valence-corrected chi connectivity index (χ4v) is 3.92. The van der Waals surface area contributed by atoms with Crippen molar-refractivity contribution in [2.45, 2.75) is 12.0 Å².